The Morgan fingerprint density at radius 2 is 2.00 bits per heavy atom. The quantitative estimate of drug-likeness (QED) is 0.627. The van der Waals surface area contributed by atoms with E-state index in [9.17, 15) is 14.7 Å². The molecular formula is C19H12ClN3O3S2. The van der Waals surface area contributed by atoms with Gasteiger partial charge in [-0.25, -0.2) is 4.99 Å². The number of carbonyl (C=O) groups is 2. The van der Waals surface area contributed by atoms with Crippen LogP contribution in [0, 0.1) is 10.9 Å². The van der Waals surface area contributed by atoms with Crippen LogP contribution in [0.25, 0.3) is 5.57 Å². The lowest BCUT2D eigenvalue weighted by Crippen LogP contribution is -2.25. The number of para-hydroxylation sites is 1. The van der Waals surface area contributed by atoms with Crippen LogP contribution >= 0.6 is 35.2 Å². The Hall–Kier alpha value is -2.81. The van der Waals surface area contributed by atoms with E-state index in [0.717, 1.165) is 21.6 Å². The standard InChI is InChI=1S/C19H12ClN3O3S2/c1-9-5-4-7-11-13(17(25)21-14(9)11)15-18(26)23(19(27)28-15)22-16(24)10-6-2-3-8-12(10)20/h2-8,26H,1H3,(H,22,24). The molecule has 2 heterocycles. The van der Waals surface area contributed by atoms with E-state index < -0.39 is 11.8 Å². The average Bonchev–Trinajstić information content (AvgIpc) is 3.13. The van der Waals surface area contributed by atoms with E-state index in [-0.39, 0.29) is 30.9 Å². The van der Waals surface area contributed by atoms with Crippen molar-refractivity contribution in [3.63, 3.8) is 0 Å². The summed E-state index contributed by atoms with van der Waals surface area (Å²) in [6, 6.07) is 12.0. The van der Waals surface area contributed by atoms with Crippen molar-refractivity contribution in [1.29, 1.82) is 0 Å². The molecule has 140 valence electrons. The molecule has 3 aromatic rings. The molecule has 0 unspecified atom stereocenters. The van der Waals surface area contributed by atoms with Crippen LogP contribution in [-0.2, 0) is 4.79 Å². The van der Waals surface area contributed by atoms with Gasteiger partial charge in [0, 0.05) is 5.22 Å². The number of aromatic hydroxyl groups is 1. The average molecular weight is 430 g/mol. The van der Waals surface area contributed by atoms with E-state index >= 15 is 0 Å². The fraction of sp³-hybridized carbons (Fsp3) is 0.0526. The normalized spacial score (nSPS) is 12.6. The molecule has 2 aromatic carbocycles. The van der Waals surface area contributed by atoms with Crippen molar-refractivity contribution < 1.29 is 14.7 Å². The number of carbonyl (C=O) groups excluding carboxylic acids is 2. The highest BCUT2D eigenvalue weighted by molar-refractivity contribution is 7.73. The van der Waals surface area contributed by atoms with Crippen LogP contribution in [0.5, 0.6) is 5.88 Å². The first kappa shape index (κ1) is 18.5. The minimum absolute atomic E-state index is 0.175. The largest absolute Gasteiger partial charge is 0.492 e. The second-order valence-corrected chi connectivity index (χ2v) is 8.09. The summed E-state index contributed by atoms with van der Waals surface area (Å²) in [5.41, 5.74) is 3.88. The lowest BCUT2D eigenvalue weighted by Gasteiger charge is -2.08. The zero-order valence-corrected chi connectivity index (χ0v) is 16.8. The number of nitrogens with zero attached hydrogens (tertiary/aromatic N) is 2. The van der Waals surface area contributed by atoms with Crippen molar-refractivity contribution in [3.8, 4) is 5.88 Å². The first-order valence-corrected chi connectivity index (χ1v) is 9.73. The van der Waals surface area contributed by atoms with E-state index in [1.54, 1.807) is 30.3 Å². The van der Waals surface area contributed by atoms with Crippen molar-refractivity contribution >= 4 is 52.5 Å². The number of thiazole rings is 1. The zero-order valence-electron chi connectivity index (χ0n) is 14.4. The maximum atomic E-state index is 12.5. The lowest BCUT2D eigenvalue weighted by atomic mass is 10.1. The Kier molecular flexibility index (Phi) is 4.62. The second-order valence-electron chi connectivity index (χ2n) is 6.04. The highest BCUT2D eigenvalue weighted by Crippen LogP contribution is 2.32. The van der Waals surface area contributed by atoms with E-state index in [1.165, 1.54) is 0 Å². The number of fused-ring (bicyclic) bond motifs is 1. The first-order valence-electron chi connectivity index (χ1n) is 8.12. The van der Waals surface area contributed by atoms with E-state index in [1.807, 2.05) is 19.1 Å². The van der Waals surface area contributed by atoms with Gasteiger partial charge in [-0.3, -0.25) is 15.0 Å². The molecule has 4 rings (SSSR count). The van der Waals surface area contributed by atoms with Gasteiger partial charge < -0.3 is 5.11 Å². The van der Waals surface area contributed by atoms with Crippen LogP contribution in [0.15, 0.2) is 47.5 Å². The number of halogens is 1. The van der Waals surface area contributed by atoms with E-state index in [0.29, 0.717) is 10.6 Å². The molecule has 0 aliphatic carbocycles. The summed E-state index contributed by atoms with van der Waals surface area (Å²) in [7, 11) is 0. The predicted octanol–water partition coefficient (Wildman–Crippen LogP) is 2.69. The number of hydrogen-bond acceptors (Lipinski definition) is 5. The number of benzene rings is 2. The Balaban J connectivity index is 1.82. The Morgan fingerprint density at radius 3 is 2.75 bits per heavy atom. The van der Waals surface area contributed by atoms with Gasteiger partial charge in [-0.2, -0.15) is 4.68 Å². The minimum Gasteiger partial charge on any atom is -0.492 e. The molecule has 0 radical (unpaired) electrons. The Labute approximate surface area is 173 Å². The van der Waals surface area contributed by atoms with Gasteiger partial charge in [0.05, 0.1) is 21.5 Å². The van der Waals surface area contributed by atoms with Gasteiger partial charge in [-0.15, -0.1) is 0 Å². The number of aromatic nitrogens is 1. The van der Waals surface area contributed by atoms with Gasteiger partial charge in [0.25, 0.3) is 11.8 Å². The van der Waals surface area contributed by atoms with Crippen LogP contribution < -0.4 is 16.0 Å². The van der Waals surface area contributed by atoms with Crippen LogP contribution in [0.4, 0.5) is 0 Å². The predicted molar refractivity (Wildman–Crippen MR) is 109 cm³/mol. The molecule has 0 spiro atoms. The van der Waals surface area contributed by atoms with Gasteiger partial charge in [0.1, 0.15) is 4.88 Å². The van der Waals surface area contributed by atoms with Crippen LogP contribution in [0.2, 0.25) is 5.02 Å². The molecule has 0 fully saturated rings. The van der Waals surface area contributed by atoms with Gasteiger partial charge >= 0.3 is 0 Å². The van der Waals surface area contributed by atoms with Gasteiger partial charge in [-0.1, -0.05) is 53.3 Å². The Morgan fingerprint density at radius 1 is 1.25 bits per heavy atom. The summed E-state index contributed by atoms with van der Waals surface area (Å²) in [5.74, 6) is -1.33. The number of hydrogen-bond donors (Lipinski definition) is 2. The van der Waals surface area contributed by atoms with Crippen molar-refractivity contribution in [1.82, 2.24) is 4.68 Å². The molecule has 2 amide bonds. The molecule has 1 aromatic heterocycles. The molecule has 1 aliphatic heterocycles. The summed E-state index contributed by atoms with van der Waals surface area (Å²) in [6.07, 6.45) is 0. The number of rotatable bonds is 3. The molecule has 0 saturated heterocycles. The van der Waals surface area contributed by atoms with Crippen LogP contribution in [0.1, 0.15) is 20.8 Å². The maximum absolute atomic E-state index is 12.5. The third kappa shape index (κ3) is 2.95. The van der Waals surface area contributed by atoms with Crippen molar-refractivity contribution in [2.75, 3.05) is 5.43 Å². The van der Waals surface area contributed by atoms with E-state index in [4.69, 9.17) is 23.8 Å². The van der Waals surface area contributed by atoms with Crippen molar-refractivity contribution in [3.05, 3.63) is 78.0 Å². The fourth-order valence-corrected chi connectivity index (χ4v) is 4.42. The molecule has 0 bridgehead atoms. The van der Waals surface area contributed by atoms with Crippen molar-refractivity contribution in [2.45, 2.75) is 6.92 Å². The third-order valence-electron chi connectivity index (χ3n) is 4.28. The van der Waals surface area contributed by atoms with Crippen LogP contribution in [0.3, 0.4) is 0 Å². The summed E-state index contributed by atoms with van der Waals surface area (Å²) in [6.45, 7) is 1.86. The number of nitrogens with one attached hydrogen (secondary N) is 1. The second kappa shape index (κ2) is 6.97. The molecule has 2 N–H and O–H groups in total. The molecule has 0 atom stereocenters. The highest BCUT2D eigenvalue weighted by Gasteiger charge is 2.26. The summed E-state index contributed by atoms with van der Waals surface area (Å²) < 4.78 is 1.24. The molecule has 28 heavy (non-hydrogen) atoms. The smallest absolute Gasteiger partial charge is 0.279 e. The number of amides is 2. The zero-order chi connectivity index (χ0) is 20.0. The molecular weight excluding hydrogens is 418 g/mol. The third-order valence-corrected chi connectivity index (χ3v) is 5.99. The molecule has 9 heteroatoms. The summed E-state index contributed by atoms with van der Waals surface area (Å²) in [4.78, 5) is 29.3. The molecule has 6 nitrogen and oxygen atoms in total. The summed E-state index contributed by atoms with van der Waals surface area (Å²) in [5, 5.41) is 12.2. The minimum atomic E-state index is -0.537. The van der Waals surface area contributed by atoms with Gasteiger partial charge in [0.15, 0.2) is 3.95 Å². The lowest BCUT2D eigenvalue weighted by molar-refractivity contribution is -0.112. The fourth-order valence-electron chi connectivity index (χ4n) is 2.94. The first-order chi connectivity index (χ1) is 13.4. The van der Waals surface area contributed by atoms with Gasteiger partial charge in [0.2, 0.25) is 5.88 Å². The monoisotopic (exact) mass is 429 g/mol. The van der Waals surface area contributed by atoms with Crippen molar-refractivity contribution in [2.24, 2.45) is 4.99 Å². The molecule has 0 saturated carbocycles. The summed E-state index contributed by atoms with van der Waals surface area (Å²) >= 11 is 12.3. The number of aryl methyl sites for hydroxylation is 1. The van der Waals surface area contributed by atoms with Crippen LogP contribution in [-0.4, -0.2) is 21.6 Å². The Bertz CT molecular complexity index is 1340. The SMILES string of the molecule is Cc1cccc2c1=NC(=O)C=2c1sc(=S)n(NC(=O)c2ccccc2Cl)c1O. The maximum Gasteiger partial charge on any atom is 0.279 e. The van der Waals surface area contributed by atoms with Gasteiger partial charge in [-0.05, 0) is 36.8 Å². The molecule has 1 aliphatic rings. The highest BCUT2D eigenvalue weighted by atomic mass is 35.5. The van der Waals surface area contributed by atoms with E-state index in [2.05, 4.69) is 10.4 Å². The topological polar surface area (TPSA) is 83.7 Å².